The molecule has 0 amide bonds. The standard InChI is InChI=1S/C19H32N2O2S/c1-12(2)16-9-17(13(3)4)19(18(10-16)14(5)6)11-24(22,23)21-20-15(7)8/h9-10,12-14,20-21H,7,11H2,1-6,8H3. The third kappa shape index (κ3) is 5.64. The van der Waals surface area contributed by atoms with Crippen molar-refractivity contribution < 1.29 is 8.42 Å². The van der Waals surface area contributed by atoms with Crippen LogP contribution in [0.1, 0.15) is 88.5 Å². The highest BCUT2D eigenvalue weighted by atomic mass is 32.2. The van der Waals surface area contributed by atoms with Crippen molar-refractivity contribution in [2.45, 2.75) is 72.0 Å². The molecule has 1 rings (SSSR count). The van der Waals surface area contributed by atoms with Crippen LogP contribution >= 0.6 is 0 Å². The first-order chi connectivity index (χ1) is 10.9. The van der Waals surface area contributed by atoms with Gasteiger partial charge in [-0.25, -0.2) is 8.42 Å². The summed E-state index contributed by atoms with van der Waals surface area (Å²) in [6.45, 7) is 18.1. The molecule has 0 atom stereocenters. The molecule has 0 unspecified atom stereocenters. The summed E-state index contributed by atoms with van der Waals surface area (Å²) in [6, 6.07) is 4.33. The smallest absolute Gasteiger partial charge is 0.232 e. The molecular weight excluding hydrogens is 320 g/mol. The summed E-state index contributed by atoms with van der Waals surface area (Å²) in [7, 11) is -3.50. The summed E-state index contributed by atoms with van der Waals surface area (Å²) < 4.78 is 24.9. The van der Waals surface area contributed by atoms with Crippen LogP contribution in [0.25, 0.3) is 0 Å². The van der Waals surface area contributed by atoms with E-state index in [0.29, 0.717) is 11.6 Å². The minimum atomic E-state index is -3.50. The van der Waals surface area contributed by atoms with Gasteiger partial charge in [0, 0.05) is 5.70 Å². The Kier molecular flexibility index (Phi) is 7.05. The molecular formula is C19H32N2O2S. The third-order valence-corrected chi connectivity index (χ3v) is 5.09. The van der Waals surface area contributed by atoms with Gasteiger partial charge in [0.15, 0.2) is 0 Å². The Labute approximate surface area is 147 Å². The molecule has 1 aromatic rings. The van der Waals surface area contributed by atoms with Crippen LogP contribution in [0.5, 0.6) is 0 Å². The minimum Gasteiger partial charge on any atom is -0.313 e. The van der Waals surface area contributed by atoms with Gasteiger partial charge >= 0.3 is 0 Å². The zero-order valence-corrected chi connectivity index (χ0v) is 16.8. The summed E-state index contributed by atoms with van der Waals surface area (Å²) in [5.41, 5.74) is 7.57. The molecule has 0 heterocycles. The van der Waals surface area contributed by atoms with Crippen molar-refractivity contribution in [3.8, 4) is 0 Å². The molecule has 0 saturated carbocycles. The average Bonchev–Trinajstić information content (AvgIpc) is 2.44. The van der Waals surface area contributed by atoms with Gasteiger partial charge in [-0.15, -0.1) is 4.83 Å². The summed E-state index contributed by atoms with van der Waals surface area (Å²) in [4.78, 5) is 2.40. The van der Waals surface area contributed by atoms with Gasteiger partial charge < -0.3 is 5.43 Å². The molecule has 136 valence electrons. The Morgan fingerprint density at radius 3 is 1.79 bits per heavy atom. The molecule has 1 aromatic carbocycles. The lowest BCUT2D eigenvalue weighted by atomic mass is 9.85. The number of hydrazine groups is 1. The van der Waals surface area contributed by atoms with E-state index in [1.165, 1.54) is 5.56 Å². The van der Waals surface area contributed by atoms with E-state index in [9.17, 15) is 8.42 Å². The normalized spacial score (nSPS) is 12.2. The van der Waals surface area contributed by atoms with Crippen LogP contribution in [0.15, 0.2) is 24.4 Å². The lowest BCUT2D eigenvalue weighted by Gasteiger charge is -2.23. The van der Waals surface area contributed by atoms with Crippen LogP contribution in [0.2, 0.25) is 0 Å². The zero-order chi connectivity index (χ0) is 18.7. The second kappa shape index (κ2) is 8.17. The molecule has 0 spiro atoms. The Hall–Kier alpha value is -1.33. The largest absolute Gasteiger partial charge is 0.313 e. The highest BCUT2D eigenvalue weighted by Crippen LogP contribution is 2.33. The number of hydrogen-bond acceptors (Lipinski definition) is 3. The summed E-state index contributed by atoms with van der Waals surface area (Å²) in [5.74, 6) is 0.905. The van der Waals surface area contributed by atoms with Crippen LogP contribution in [0, 0.1) is 0 Å². The number of sulfonamides is 1. The Morgan fingerprint density at radius 2 is 1.46 bits per heavy atom. The van der Waals surface area contributed by atoms with Gasteiger partial charge in [0.05, 0.1) is 5.75 Å². The molecule has 0 aliphatic rings. The van der Waals surface area contributed by atoms with E-state index in [1.807, 2.05) is 0 Å². The lowest BCUT2D eigenvalue weighted by Crippen LogP contribution is -2.37. The quantitative estimate of drug-likeness (QED) is 0.677. The second-order valence-corrected chi connectivity index (χ2v) is 9.13. The van der Waals surface area contributed by atoms with Gasteiger partial charge in [-0.05, 0) is 46.9 Å². The molecule has 4 nitrogen and oxygen atoms in total. The van der Waals surface area contributed by atoms with Crippen LogP contribution in [-0.4, -0.2) is 8.42 Å². The minimum absolute atomic E-state index is 0.0350. The Balaban J connectivity index is 3.41. The lowest BCUT2D eigenvalue weighted by molar-refractivity contribution is 0.569. The van der Waals surface area contributed by atoms with Gasteiger partial charge in [0.1, 0.15) is 0 Å². The van der Waals surface area contributed by atoms with Crippen molar-refractivity contribution in [2.75, 3.05) is 0 Å². The molecule has 0 bridgehead atoms. The highest BCUT2D eigenvalue weighted by molar-refractivity contribution is 7.88. The summed E-state index contributed by atoms with van der Waals surface area (Å²) >= 11 is 0. The monoisotopic (exact) mass is 352 g/mol. The van der Waals surface area contributed by atoms with Gasteiger partial charge in [-0.3, -0.25) is 0 Å². The zero-order valence-electron chi connectivity index (χ0n) is 16.0. The predicted octanol–water partition coefficient (Wildman–Crippen LogP) is 4.51. The maximum atomic E-state index is 12.5. The topological polar surface area (TPSA) is 58.2 Å². The van der Waals surface area contributed by atoms with Crippen molar-refractivity contribution in [1.29, 1.82) is 0 Å². The van der Waals surface area contributed by atoms with Crippen LogP contribution in [0.4, 0.5) is 0 Å². The Bertz CT molecular complexity index is 660. The number of hydrogen-bond donors (Lipinski definition) is 2. The van der Waals surface area contributed by atoms with Gasteiger partial charge in [-0.2, -0.15) is 0 Å². The maximum absolute atomic E-state index is 12.5. The SMILES string of the molecule is C=C(C)NNS(=O)(=O)Cc1c(C(C)C)cc(C(C)C)cc1C(C)C. The van der Waals surface area contributed by atoms with E-state index in [4.69, 9.17) is 0 Å². The van der Waals surface area contributed by atoms with Crippen LogP contribution in [-0.2, 0) is 15.8 Å². The van der Waals surface area contributed by atoms with Crippen molar-refractivity contribution in [3.63, 3.8) is 0 Å². The summed E-state index contributed by atoms with van der Waals surface area (Å²) in [6.07, 6.45) is 0. The average molecular weight is 353 g/mol. The molecule has 24 heavy (non-hydrogen) atoms. The first kappa shape index (κ1) is 20.7. The van der Waals surface area contributed by atoms with E-state index in [0.717, 1.165) is 16.7 Å². The third-order valence-electron chi connectivity index (χ3n) is 4.01. The fraction of sp³-hybridized carbons (Fsp3) is 0.579. The number of nitrogens with one attached hydrogen (secondary N) is 2. The van der Waals surface area contributed by atoms with Gasteiger partial charge in [-0.1, -0.05) is 60.3 Å². The maximum Gasteiger partial charge on any atom is 0.232 e. The second-order valence-electron chi connectivity index (χ2n) is 7.41. The first-order valence-electron chi connectivity index (χ1n) is 8.52. The Morgan fingerprint density at radius 1 is 1.00 bits per heavy atom. The number of rotatable bonds is 8. The molecule has 0 radical (unpaired) electrons. The highest BCUT2D eigenvalue weighted by Gasteiger charge is 2.22. The fourth-order valence-corrected chi connectivity index (χ4v) is 3.78. The first-order valence-corrected chi connectivity index (χ1v) is 10.2. The number of allylic oxidation sites excluding steroid dienone is 1. The van der Waals surface area contributed by atoms with Crippen LogP contribution in [0.3, 0.4) is 0 Å². The van der Waals surface area contributed by atoms with E-state index in [1.54, 1.807) is 6.92 Å². The van der Waals surface area contributed by atoms with Gasteiger partial charge in [0.2, 0.25) is 10.0 Å². The van der Waals surface area contributed by atoms with Crippen molar-refractivity contribution in [1.82, 2.24) is 10.3 Å². The molecule has 0 aliphatic heterocycles. The molecule has 0 fully saturated rings. The van der Waals surface area contributed by atoms with Crippen molar-refractivity contribution in [2.24, 2.45) is 0 Å². The van der Waals surface area contributed by atoms with E-state index < -0.39 is 10.0 Å². The van der Waals surface area contributed by atoms with Crippen molar-refractivity contribution in [3.05, 3.63) is 46.7 Å². The van der Waals surface area contributed by atoms with Crippen LogP contribution < -0.4 is 10.3 Å². The molecule has 2 N–H and O–H groups in total. The van der Waals surface area contributed by atoms with Crippen molar-refractivity contribution >= 4 is 10.0 Å². The van der Waals surface area contributed by atoms with Gasteiger partial charge in [0.25, 0.3) is 0 Å². The predicted molar refractivity (Wildman–Crippen MR) is 102 cm³/mol. The van der Waals surface area contributed by atoms with E-state index >= 15 is 0 Å². The number of benzene rings is 1. The molecule has 5 heteroatoms. The van der Waals surface area contributed by atoms with E-state index in [2.05, 4.69) is 70.5 Å². The summed E-state index contributed by atoms with van der Waals surface area (Å²) in [5, 5.41) is 0. The molecule has 0 aliphatic carbocycles. The van der Waals surface area contributed by atoms with E-state index in [-0.39, 0.29) is 17.6 Å². The molecule has 0 aromatic heterocycles. The fourth-order valence-electron chi connectivity index (χ4n) is 2.66. The molecule has 0 saturated heterocycles.